The predicted octanol–water partition coefficient (Wildman–Crippen LogP) is 4.21. The molecule has 0 radical (unpaired) electrons. The summed E-state index contributed by atoms with van der Waals surface area (Å²) in [6.07, 6.45) is 0.454. The van der Waals surface area contributed by atoms with Crippen molar-refractivity contribution in [2.75, 3.05) is 5.32 Å². The Bertz CT molecular complexity index is 885. The molecule has 2 aromatic rings. The number of para-hydroxylation sites is 1. The summed E-state index contributed by atoms with van der Waals surface area (Å²) < 4.78 is 5.26. The zero-order chi connectivity index (χ0) is 20.8. The van der Waals surface area contributed by atoms with E-state index in [2.05, 4.69) is 5.32 Å². The second-order valence-corrected chi connectivity index (χ2v) is 6.40. The summed E-state index contributed by atoms with van der Waals surface area (Å²) in [4.78, 5) is 35.5. The monoisotopic (exact) mass is 384 g/mol. The third kappa shape index (κ3) is 4.54. The highest BCUT2D eigenvalue weighted by Crippen LogP contribution is 2.24. The first-order valence-corrected chi connectivity index (χ1v) is 9.16. The van der Waals surface area contributed by atoms with E-state index in [-0.39, 0.29) is 16.8 Å². The molecule has 0 fully saturated rings. The predicted molar refractivity (Wildman–Crippen MR) is 107 cm³/mol. The molecule has 7 heteroatoms. The van der Waals surface area contributed by atoms with Crippen LogP contribution in [-0.4, -0.2) is 22.9 Å². The number of nitrogens with zero attached hydrogens (tertiary/aromatic N) is 1. The van der Waals surface area contributed by atoms with Crippen LogP contribution < -0.4 is 5.32 Å². The molecule has 1 amide bonds. The molecule has 1 N–H and O–H groups in total. The van der Waals surface area contributed by atoms with Gasteiger partial charge in [-0.2, -0.15) is 0 Å². The number of ether oxygens (including phenoxy) is 1. The Kier molecular flexibility index (Phi) is 6.87. The van der Waals surface area contributed by atoms with Crippen LogP contribution >= 0.6 is 0 Å². The number of amides is 1. The van der Waals surface area contributed by atoms with E-state index < -0.39 is 22.9 Å². The van der Waals surface area contributed by atoms with Gasteiger partial charge in [-0.3, -0.25) is 14.9 Å². The van der Waals surface area contributed by atoms with Gasteiger partial charge in [0.05, 0.1) is 10.5 Å². The first kappa shape index (κ1) is 21.1. The number of benzene rings is 2. The van der Waals surface area contributed by atoms with Crippen LogP contribution in [0.1, 0.15) is 47.8 Å². The normalized spacial score (nSPS) is 11.6. The second-order valence-electron chi connectivity index (χ2n) is 6.40. The zero-order valence-electron chi connectivity index (χ0n) is 16.4. The molecule has 0 unspecified atom stereocenters. The van der Waals surface area contributed by atoms with Gasteiger partial charge in [0.1, 0.15) is 0 Å². The summed E-state index contributed by atoms with van der Waals surface area (Å²) in [6.45, 7) is 6.95. The molecular weight excluding hydrogens is 360 g/mol. The number of nitro benzene ring substituents is 1. The SMILES string of the molecule is CCc1cccc(CC)c1NC(=O)[C@H](C)OC(=O)c1cccc([N+](=O)[O-])c1C. The van der Waals surface area contributed by atoms with Crippen molar-refractivity contribution in [1.29, 1.82) is 0 Å². The number of carbonyl (C=O) groups excluding carboxylic acids is 2. The molecule has 28 heavy (non-hydrogen) atoms. The van der Waals surface area contributed by atoms with Crippen LogP contribution in [0.3, 0.4) is 0 Å². The molecular formula is C21H24N2O5. The molecule has 2 rings (SSSR count). The number of anilines is 1. The van der Waals surface area contributed by atoms with Crippen LogP contribution in [0.5, 0.6) is 0 Å². The van der Waals surface area contributed by atoms with E-state index in [4.69, 9.17) is 4.74 Å². The lowest BCUT2D eigenvalue weighted by Gasteiger charge is -2.18. The highest BCUT2D eigenvalue weighted by atomic mass is 16.6. The van der Waals surface area contributed by atoms with Gasteiger partial charge in [0, 0.05) is 17.3 Å². The Morgan fingerprint density at radius 3 is 2.21 bits per heavy atom. The van der Waals surface area contributed by atoms with Gasteiger partial charge in [-0.15, -0.1) is 0 Å². The van der Waals surface area contributed by atoms with Gasteiger partial charge in [-0.25, -0.2) is 4.79 Å². The van der Waals surface area contributed by atoms with Gasteiger partial charge >= 0.3 is 5.97 Å². The molecule has 0 heterocycles. The van der Waals surface area contributed by atoms with Crippen LogP contribution in [-0.2, 0) is 22.4 Å². The molecule has 0 saturated heterocycles. The molecule has 1 atom stereocenters. The molecule has 0 spiro atoms. The van der Waals surface area contributed by atoms with E-state index in [9.17, 15) is 19.7 Å². The minimum Gasteiger partial charge on any atom is -0.449 e. The zero-order valence-corrected chi connectivity index (χ0v) is 16.4. The van der Waals surface area contributed by atoms with E-state index >= 15 is 0 Å². The number of hydrogen-bond acceptors (Lipinski definition) is 5. The van der Waals surface area contributed by atoms with E-state index in [0.29, 0.717) is 0 Å². The summed E-state index contributed by atoms with van der Waals surface area (Å²) in [5.74, 6) is -1.23. The summed E-state index contributed by atoms with van der Waals surface area (Å²) in [5.41, 5.74) is 2.84. The topological polar surface area (TPSA) is 98.5 Å². The van der Waals surface area contributed by atoms with Gasteiger partial charge in [0.2, 0.25) is 0 Å². The molecule has 0 bridgehead atoms. The van der Waals surface area contributed by atoms with Gasteiger partial charge < -0.3 is 10.1 Å². The first-order chi connectivity index (χ1) is 13.3. The third-order valence-electron chi connectivity index (χ3n) is 4.62. The lowest BCUT2D eigenvalue weighted by molar-refractivity contribution is -0.385. The highest BCUT2D eigenvalue weighted by molar-refractivity contribution is 5.99. The number of carbonyl (C=O) groups is 2. The van der Waals surface area contributed by atoms with Crippen LogP contribution in [0.2, 0.25) is 0 Å². The van der Waals surface area contributed by atoms with Crippen molar-refractivity contribution in [3.8, 4) is 0 Å². The Labute approximate surface area is 163 Å². The molecule has 0 aromatic heterocycles. The van der Waals surface area contributed by atoms with E-state index in [1.54, 1.807) is 0 Å². The standard InChI is InChI=1S/C21H24N2O5/c1-5-15-9-7-10-16(6-2)19(15)22-20(24)14(4)28-21(25)17-11-8-12-18(13(17)3)23(26)27/h7-12,14H,5-6H2,1-4H3,(H,22,24)/t14-/m0/s1. The average Bonchev–Trinajstić information content (AvgIpc) is 2.67. The lowest BCUT2D eigenvalue weighted by atomic mass is 10.0. The molecule has 2 aromatic carbocycles. The molecule has 7 nitrogen and oxygen atoms in total. The van der Waals surface area contributed by atoms with Crippen LogP contribution in [0, 0.1) is 17.0 Å². The third-order valence-corrected chi connectivity index (χ3v) is 4.62. The fourth-order valence-corrected chi connectivity index (χ4v) is 2.95. The highest BCUT2D eigenvalue weighted by Gasteiger charge is 2.24. The Hall–Kier alpha value is -3.22. The number of hydrogen-bond donors (Lipinski definition) is 1. The first-order valence-electron chi connectivity index (χ1n) is 9.16. The van der Waals surface area contributed by atoms with Crippen LogP contribution in [0.25, 0.3) is 0 Å². The average molecular weight is 384 g/mol. The van der Waals surface area contributed by atoms with Crippen molar-refractivity contribution >= 4 is 23.3 Å². The van der Waals surface area contributed by atoms with Crippen molar-refractivity contribution in [3.05, 3.63) is 68.8 Å². The smallest absolute Gasteiger partial charge is 0.339 e. The Balaban J connectivity index is 2.17. The minimum atomic E-state index is -1.05. The van der Waals surface area contributed by atoms with Gasteiger partial charge in [0.15, 0.2) is 6.10 Å². The molecule has 0 saturated carbocycles. The fraction of sp³-hybridized carbons (Fsp3) is 0.333. The van der Waals surface area contributed by atoms with E-state index in [1.807, 2.05) is 32.0 Å². The molecule has 0 aliphatic heterocycles. The van der Waals surface area contributed by atoms with Gasteiger partial charge in [-0.1, -0.05) is 38.1 Å². The van der Waals surface area contributed by atoms with E-state index in [0.717, 1.165) is 29.7 Å². The number of rotatable bonds is 7. The second kappa shape index (κ2) is 9.12. The number of esters is 1. The summed E-state index contributed by atoms with van der Waals surface area (Å²) in [5, 5.41) is 13.9. The minimum absolute atomic E-state index is 0.0667. The van der Waals surface area contributed by atoms with Crippen molar-refractivity contribution in [2.24, 2.45) is 0 Å². The Morgan fingerprint density at radius 2 is 1.68 bits per heavy atom. The van der Waals surface area contributed by atoms with Crippen molar-refractivity contribution in [1.82, 2.24) is 0 Å². The lowest BCUT2D eigenvalue weighted by Crippen LogP contribution is -2.31. The van der Waals surface area contributed by atoms with E-state index in [1.165, 1.54) is 32.0 Å². The summed E-state index contributed by atoms with van der Waals surface area (Å²) in [6, 6.07) is 10.0. The van der Waals surface area contributed by atoms with Gasteiger partial charge in [0.25, 0.3) is 11.6 Å². The molecule has 0 aliphatic carbocycles. The Morgan fingerprint density at radius 1 is 1.11 bits per heavy atom. The van der Waals surface area contributed by atoms with Crippen molar-refractivity contribution in [2.45, 2.75) is 46.6 Å². The fourth-order valence-electron chi connectivity index (χ4n) is 2.95. The maximum absolute atomic E-state index is 12.6. The van der Waals surface area contributed by atoms with Crippen LogP contribution in [0.15, 0.2) is 36.4 Å². The van der Waals surface area contributed by atoms with Crippen molar-refractivity contribution in [3.63, 3.8) is 0 Å². The molecule has 0 aliphatic rings. The maximum atomic E-state index is 12.6. The number of nitro groups is 1. The molecule has 148 valence electrons. The number of aryl methyl sites for hydroxylation is 2. The summed E-state index contributed by atoms with van der Waals surface area (Å²) >= 11 is 0. The van der Waals surface area contributed by atoms with Crippen molar-refractivity contribution < 1.29 is 19.2 Å². The summed E-state index contributed by atoms with van der Waals surface area (Å²) in [7, 11) is 0. The quantitative estimate of drug-likeness (QED) is 0.438. The number of nitrogens with one attached hydrogen (secondary N) is 1. The maximum Gasteiger partial charge on any atom is 0.339 e. The van der Waals surface area contributed by atoms with Gasteiger partial charge in [-0.05, 0) is 43.9 Å². The largest absolute Gasteiger partial charge is 0.449 e. The van der Waals surface area contributed by atoms with Crippen LogP contribution in [0.4, 0.5) is 11.4 Å².